The summed E-state index contributed by atoms with van der Waals surface area (Å²) in [7, 11) is 1.55. The highest BCUT2D eigenvalue weighted by Crippen LogP contribution is 2.27. The molecule has 1 amide bonds. The molecule has 1 aromatic carbocycles. The van der Waals surface area contributed by atoms with Crippen molar-refractivity contribution in [2.45, 2.75) is 26.2 Å². The number of aromatic amines is 1. The molecule has 2 aromatic heterocycles. The Morgan fingerprint density at radius 2 is 2.09 bits per heavy atom. The van der Waals surface area contributed by atoms with Gasteiger partial charge in [-0.1, -0.05) is 13.0 Å². The molecule has 1 fully saturated rings. The summed E-state index contributed by atoms with van der Waals surface area (Å²) in [5.74, 6) is 0.179. The van der Waals surface area contributed by atoms with E-state index in [1.54, 1.807) is 31.6 Å². The van der Waals surface area contributed by atoms with E-state index in [1.807, 2.05) is 18.2 Å². The molecule has 1 aliphatic rings. The van der Waals surface area contributed by atoms with E-state index in [0.717, 1.165) is 47.2 Å². The first-order valence-corrected chi connectivity index (χ1v) is 10.8. The summed E-state index contributed by atoms with van der Waals surface area (Å²) in [6.07, 6.45) is 8.60. The molecule has 1 aliphatic heterocycles. The molecule has 0 aliphatic carbocycles. The molecule has 1 saturated heterocycles. The van der Waals surface area contributed by atoms with Crippen molar-refractivity contribution in [2.75, 3.05) is 25.5 Å². The number of ether oxygens (including phenoxy) is 1. The van der Waals surface area contributed by atoms with Crippen molar-refractivity contribution in [3.8, 4) is 5.88 Å². The number of carbonyl (C=O) groups is 1. The molecule has 0 saturated carbocycles. The maximum atomic E-state index is 12.9. The first-order chi connectivity index (χ1) is 15.6. The Balaban J connectivity index is 1.62. The zero-order valence-corrected chi connectivity index (χ0v) is 18.4. The Labute approximate surface area is 187 Å². The maximum absolute atomic E-state index is 12.9. The highest BCUT2D eigenvalue weighted by Gasteiger charge is 2.17. The number of methoxy groups -OCH3 is 1. The number of amides is 1. The zero-order chi connectivity index (χ0) is 22.5. The van der Waals surface area contributed by atoms with Crippen LogP contribution in [0, 0.1) is 0 Å². The molecule has 4 N–H and O–H groups in total. The van der Waals surface area contributed by atoms with E-state index in [1.165, 1.54) is 12.8 Å². The molecule has 0 spiro atoms. The lowest BCUT2D eigenvalue weighted by atomic mass is 10.00. The number of carbonyl (C=O) groups excluding carboxylic acids is 1. The summed E-state index contributed by atoms with van der Waals surface area (Å²) < 4.78 is 5.06. The average Bonchev–Trinajstić information content (AvgIpc) is 3.50. The van der Waals surface area contributed by atoms with E-state index < -0.39 is 0 Å². The van der Waals surface area contributed by atoms with Gasteiger partial charge in [0.25, 0.3) is 5.91 Å². The van der Waals surface area contributed by atoms with Crippen molar-refractivity contribution in [2.24, 2.45) is 5.73 Å². The van der Waals surface area contributed by atoms with Crippen LogP contribution in [0.15, 0.2) is 54.5 Å². The highest BCUT2D eigenvalue weighted by atomic mass is 16.5. The minimum atomic E-state index is -0.304. The number of pyridine rings is 1. The zero-order valence-electron chi connectivity index (χ0n) is 18.4. The van der Waals surface area contributed by atoms with Gasteiger partial charge in [-0.05, 0) is 54.7 Å². The lowest BCUT2D eigenvalue weighted by Crippen LogP contribution is -2.18. The minimum Gasteiger partial charge on any atom is -0.481 e. The van der Waals surface area contributed by atoms with Crippen molar-refractivity contribution < 1.29 is 9.53 Å². The summed E-state index contributed by atoms with van der Waals surface area (Å²) in [5, 5.41) is 10.8. The highest BCUT2D eigenvalue weighted by molar-refractivity contribution is 6.11. The SMILES string of the molecule is CC/C(=C\C(=C/N)N1CCCC1)c1ccc2[nH]nc(C(=O)Nc3ccc(OC)nc3)c2c1. The number of benzene rings is 1. The van der Waals surface area contributed by atoms with Crippen LogP contribution in [0.3, 0.4) is 0 Å². The van der Waals surface area contributed by atoms with Crippen molar-refractivity contribution in [3.63, 3.8) is 0 Å². The number of rotatable bonds is 7. The van der Waals surface area contributed by atoms with Gasteiger partial charge in [-0.15, -0.1) is 0 Å². The summed E-state index contributed by atoms with van der Waals surface area (Å²) in [6.45, 7) is 4.18. The third-order valence-corrected chi connectivity index (χ3v) is 5.70. The Morgan fingerprint density at radius 1 is 1.28 bits per heavy atom. The van der Waals surface area contributed by atoms with Gasteiger partial charge in [0, 0.05) is 30.7 Å². The van der Waals surface area contributed by atoms with Gasteiger partial charge in [-0.2, -0.15) is 5.10 Å². The fraction of sp³-hybridized carbons (Fsp3) is 0.292. The number of anilines is 1. The number of likely N-dealkylation sites (tertiary alicyclic amines) is 1. The quantitative estimate of drug-likeness (QED) is 0.489. The molecule has 32 heavy (non-hydrogen) atoms. The monoisotopic (exact) mass is 432 g/mol. The van der Waals surface area contributed by atoms with Crippen LogP contribution in [0.2, 0.25) is 0 Å². The van der Waals surface area contributed by atoms with Crippen LogP contribution in [0.25, 0.3) is 16.5 Å². The Bertz CT molecular complexity index is 1160. The van der Waals surface area contributed by atoms with E-state index >= 15 is 0 Å². The molecule has 166 valence electrons. The number of nitrogens with one attached hydrogen (secondary N) is 2. The lowest BCUT2D eigenvalue weighted by molar-refractivity contribution is 0.102. The predicted octanol–water partition coefficient (Wildman–Crippen LogP) is 3.91. The van der Waals surface area contributed by atoms with Crippen molar-refractivity contribution >= 4 is 28.1 Å². The Hall–Kier alpha value is -3.81. The van der Waals surface area contributed by atoms with E-state index in [2.05, 4.69) is 38.4 Å². The number of allylic oxidation sites excluding steroid dienone is 2. The maximum Gasteiger partial charge on any atom is 0.276 e. The topological polar surface area (TPSA) is 109 Å². The van der Waals surface area contributed by atoms with E-state index in [-0.39, 0.29) is 5.91 Å². The molecule has 3 heterocycles. The molecule has 3 aromatic rings. The molecule has 8 nitrogen and oxygen atoms in total. The fourth-order valence-electron chi connectivity index (χ4n) is 3.94. The van der Waals surface area contributed by atoms with Gasteiger partial charge in [0.2, 0.25) is 5.88 Å². The molecule has 0 radical (unpaired) electrons. The largest absolute Gasteiger partial charge is 0.481 e. The predicted molar refractivity (Wildman–Crippen MR) is 126 cm³/mol. The minimum absolute atomic E-state index is 0.304. The van der Waals surface area contributed by atoms with Gasteiger partial charge in [0.1, 0.15) is 0 Å². The van der Waals surface area contributed by atoms with Crippen LogP contribution in [-0.2, 0) is 0 Å². The number of nitrogens with zero attached hydrogens (tertiary/aromatic N) is 3. The Kier molecular flexibility index (Phi) is 6.39. The molecule has 0 bridgehead atoms. The average molecular weight is 433 g/mol. The fourth-order valence-corrected chi connectivity index (χ4v) is 3.94. The standard InChI is InChI=1S/C24H28N6O2/c1-3-16(12-19(14-25)30-10-4-5-11-30)17-6-8-21-20(13-17)23(29-28-21)24(31)27-18-7-9-22(32-2)26-15-18/h6-9,12-15H,3-5,10-11,25H2,1-2H3,(H,27,31)(H,28,29)/b16-12+,19-14+. The molecular formula is C24H28N6O2. The lowest BCUT2D eigenvalue weighted by Gasteiger charge is -2.19. The van der Waals surface area contributed by atoms with Crippen LogP contribution >= 0.6 is 0 Å². The number of hydrogen-bond acceptors (Lipinski definition) is 6. The van der Waals surface area contributed by atoms with Gasteiger partial charge in [-0.3, -0.25) is 9.89 Å². The normalized spacial score (nSPS) is 14.8. The van der Waals surface area contributed by atoms with Crippen LogP contribution in [0.4, 0.5) is 5.69 Å². The molecular weight excluding hydrogens is 404 g/mol. The number of fused-ring (bicyclic) bond motifs is 1. The van der Waals surface area contributed by atoms with Crippen LogP contribution < -0.4 is 15.8 Å². The summed E-state index contributed by atoms with van der Waals surface area (Å²) in [6, 6.07) is 9.43. The van der Waals surface area contributed by atoms with Crippen molar-refractivity contribution in [1.82, 2.24) is 20.1 Å². The molecule has 0 atom stereocenters. The van der Waals surface area contributed by atoms with Crippen LogP contribution in [0.1, 0.15) is 42.2 Å². The van der Waals surface area contributed by atoms with Crippen molar-refractivity contribution in [3.05, 3.63) is 65.8 Å². The second-order valence-electron chi connectivity index (χ2n) is 7.68. The second kappa shape index (κ2) is 9.55. The van der Waals surface area contributed by atoms with Gasteiger partial charge in [0.05, 0.1) is 30.2 Å². The van der Waals surface area contributed by atoms with Gasteiger partial charge < -0.3 is 20.7 Å². The molecule has 8 heteroatoms. The number of hydrogen-bond donors (Lipinski definition) is 3. The smallest absolute Gasteiger partial charge is 0.276 e. The third-order valence-electron chi connectivity index (χ3n) is 5.70. The summed E-state index contributed by atoms with van der Waals surface area (Å²) in [5.41, 5.74) is 10.9. The number of nitrogens with two attached hydrogens (primary N) is 1. The number of aromatic nitrogens is 3. The molecule has 0 unspecified atom stereocenters. The van der Waals surface area contributed by atoms with Gasteiger partial charge >= 0.3 is 0 Å². The summed E-state index contributed by atoms with van der Waals surface area (Å²) >= 11 is 0. The van der Waals surface area contributed by atoms with E-state index in [9.17, 15) is 4.79 Å². The van der Waals surface area contributed by atoms with Crippen molar-refractivity contribution in [1.29, 1.82) is 0 Å². The molecule has 4 rings (SSSR count). The van der Waals surface area contributed by atoms with Gasteiger partial charge in [0.15, 0.2) is 5.69 Å². The van der Waals surface area contributed by atoms with E-state index in [0.29, 0.717) is 17.3 Å². The second-order valence-corrected chi connectivity index (χ2v) is 7.68. The third kappa shape index (κ3) is 4.44. The van der Waals surface area contributed by atoms with Crippen LogP contribution in [-0.4, -0.2) is 46.2 Å². The number of H-pyrrole nitrogens is 1. The Morgan fingerprint density at radius 3 is 2.75 bits per heavy atom. The summed E-state index contributed by atoms with van der Waals surface area (Å²) in [4.78, 5) is 19.3. The first-order valence-electron chi connectivity index (χ1n) is 10.8. The first kappa shape index (κ1) is 21.4. The van der Waals surface area contributed by atoms with Gasteiger partial charge in [-0.25, -0.2) is 4.98 Å². The van der Waals surface area contributed by atoms with Crippen LogP contribution in [0.5, 0.6) is 5.88 Å². The van der Waals surface area contributed by atoms with E-state index in [4.69, 9.17) is 10.5 Å².